The fourth-order valence-electron chi connectivity index (χ4n) is 3.43. The molecule has 4 heteroatoms. The van der Waals surface area contributed by atoms with Gasteiger partial charge in [-0.2, -0.15) is 5.10 Å². The molecule has 142 valence electrons. The molecule has 2 aromatic carbocycles. The van der Waals surface area contributed by atoms with Crippen LogP contribution in [0.3, 0.4) is 0 Å². The number of aliphatic hydroxyl groups is 1. The van der Waals surface area contributed by atoms with Crippen molar-refractivity contribution in [3.8, 4) is 0 Å². The lowest BCUT2D eigenvalue weighted by Crippen LogP contribution is -2.23. The van der Waals surface area contributed by atoms with Gasteiger partial charge in [0.1, 0.15) is 0 Å². The first kappa shape index (κ1) is 19.3. The summed E-state index contributed by atoms with van der Waals surface area (Å²) in [6.07, 6.45) is 3.08. The van der Waals surface area contributed by atoms with Crippen LogP contribution in [-0.2, 0) is 32.8 Å². The van der Waals surface area contributed by atoms with E-state index in [1.165, 1.54) is 22.4 Å². The molecule has 3 aromatic rings. The van der Waals surface area contributed by atoms with Gasteiger partial charge >= 0.3 is 0 Å². The Morgan fingerprint density at radius 1 is 0.889 bits per heavy atom. The molecular weight excluding hydrogens is 334 g/mol. The van der Waals surface area contributed by atoms with Gasteiger partial charge in [-0.15, -0.1) is 0 Å². The van der Waals surface area contributed by atoms with E-state index in [0.717, 1.165) is 38.2 Å². The summed E-state index contributed by atoms with van der Waals surface area (Å²) in [5.41, 5.74) is 5.97. The standard InChI is InChI=1S/C23H29N3O/c1-3-13-26-19(2)23(14-24-26)17-25(15-20-9-5-4-6-10-20)16-21-11-7-8-12-22(21)18-27/h4-12,14,27H,3,13,15-18H2,1-2H3. The molecule has 1 aromatic heterocycles. The van der Waals surface area contributed by atoms with Crippen LogP contribution in [0.5, 0.6) is 0 Å². The maximum atomic E-state index is 9.69. The molecule has 0 fully saturated rings. The number of nitrogens with zero attached hydrogens (tertiary/aromatic N) is 3. The number of benzene rings is 2. The van der Waals surface area contributed by atoms with Gasteiger partial charge in [-0.3, -0.25) is 9.58 Å². The van der Waals surface area contributed by atoms with Gasteiger partial charge in [-0.25, -0.2) is 0 Å². The monoisotopic (exact) mass is 363 g/mol. The van der Waals surface area contributed by atoms with E-state index in [1.54, 1.807) is 0 Å². The lowest BCUT2D eigenvalue weighted by molar-refractivity contribution is 0.240. The molecule has 0 radical (unpaired) electrons. The summed E-state index contributed by atoms with van der Waals surface area (Å²) in [6.45, 7) is 7.85. The lowest BCUT2D eigenvalue weighted by Gasteiger charge is -2.24. The number of aliphatic hydroxyl groups excluding tert-OH is 1. The van der Waals surface area contributed by atoms with Crippen LogP contribution in [0.2, 0.25) is 0 Å². The number of aromatic nitrogens is 2. The maximum Gasteiger partial charge on any atom is 0.0685 e. The van der Waals surface area contributed by atoms with Gasteiger partial charge in [0.15, 0.2) is 0 Å². The second-order valence-electron chi connectivity index (χ2n) is 7.04. The zero-order chi connectivity index (χ0) is 19.1. The molecule has 0 bridgehead atoms. The summed E-state index contributed by atoms with van der Waals surface area (Å²) in [5.74, 6) is 0. The highest BCUT2D eigenvalue weighted by Crippen LogP contribution is 2.19. The Bertz CT molecular complexity index is 842. The smallest absolute Gasteiger partial charge is 0.0685 e. The Balaban J connectivity index is 1.83. The van der Waals surface area contributed by atoms with Crippen molar-refractivity contribution in [3.05, 3.63) is 88.7 Å². The topological polar surface area (TPSA) is 41.3 Å². The maximum absolute atomic E-state index is 9.69. The van der Waals surface area contributed by atoms with Crippen LogP contribution in [-0.4, -0.2) is 19.8 Å². The predicted octanol–water partition coefficient (Wildman–Crippen LogP) is 4.30. The van der Waals surface area contributed by atoms with Crippen molar-refractivity contribution in [1.82, 2.24) is 14.7 Å². The van der Waals surface area contributed by atoms with E-state index in [4.69, 9.17) is 0 Å². The molecule has 4 nitrogen and oxygen atoms in total. The fourth-order valence-corrected chi connectivity index (χ4v) is 3.43. The Morgan fingerprint density at radius 3 is 2.26 bits per heavy atom. The molecule has 0 aliphatic carbocycles. The number of hydrogen-bond donors (Lipinski definition) is 1. The summed E-state index contributed by atoms with van der Waals surface area (Å²) in [4.78, 5) is 2.42. The third-order valence-electron chi connectivity index (χ3n) is 4.97. The molecule has 1 N–H and O–H groups in total. The molecule has 27 heavy (non-hydrogen) atoms. The van der Waals surface area contributed by atoms with Crippen LogP contribution in [0.1, 0.15) is 41.3 Å². The first-order valence-electron chi connectivity index (χ1n) is 9.66. The molecule has 0 amide bonds. The van der Waals surface area contributed by atoms with Gasteiger partial charge in [0.05, 0.1) is 12.8 Å². The minimum absolute atomic E-state index is 0.0722. The van der Waals surface area contributed by atoms with E-state index in [0.29, 0.717) is 0 Å². The Morgan fingerprint density at radius 2 is 1.56 bits per heavy atom. The van der Waals surface area contributed by atoms with Crippen molar-refractivity contribution in [2.24, 2.45) is 0 Å². The molecule has 0 aliphatic rings. The number of aryl methyl sites for hydroxylation is 1. The van der Waals surface area contributed by atoms with Gasteiger partial charge in [0, 0.05) is 37.4 Å². The number of hydrogen-bond acceptors (Lipinski definition) is 3. The van der Waals surface area contributed by atoms with Gasteiger partial charge in [0.2, 0.25) is 0 Å². The van der Waals surface area contributed by atoms with Crippen molar-refractivity contribution in [3.63, 3.8) is 0 Å². The summed E-state index contributed by atoms with van der Waals surface area (Å²) < 4.78 is 2.09. The fraction of sp³-hybridized carbons (Fsp3) is 0.348. The summed E-state index contributed by atoms with van der Waals surface area (Å²) in [7, 11) is 0. The third kappa shape index (κ3) is 5.06. The molecule has 0 unspecified atom stereocenters. The molecule has 0 atom stereocenters. The first-order chi connectivity index (χ1) is 13.2. The van der Waals surface area contributed by atoms with Crippen LogP contribution in [0, 0.1) is 6.92 Å². The average molecular weight is 364 g/mol. The Kier molecular flexibility index (Phi) is 6.80. The predicted molar refractivity (Wildman–Crippen MR) is 109 cm³/mol. The van der Waals surface area contributed by atoms with Crippen molar-refractivity contribution >= 4 is 0 Å². The van der Waals surface area contributed by atoms with Crippen LogP contribution >= 0.6 is 0 Å². The van der Waals surface area contributed by atoms with E-state index in [1.807, 2.05) is 30.5 Å². The SMILES string of the molecule is CCCn1ncc(CN(Cc2ccccc2)Cc2ccccc2CO)c1C. The van der Waals surface area contributed by atoms with Crippen LogP contribution < -0.4 is 0 Å². The zero-order valence-electron chi connectivity index (χ0n) is 16.3. The van der Waals surface area contributed by atoms with Gasteiger partial charge in [-0.1, -0.05) is 61.5 Å². The first-order valence-corrected chi connectivity index (χ1v) is 9.66. The summed E-state index contributed by atoms with van der Waals surface area (Å²) in [5, 5.41) is 14.2. The van der Waals surface area contributed by atoms with Crippen LogP contribution in [0.15, 0.2) is 60.8 Å². The van der Waals surface area contributed by atoms with E-state index < -0.39 is 0 Å². The second-order valence-corrected chi connectivity index (χ2v) is 7.04. The minimum atomic E-state index is 0.0722. The van der Waals surface area contributed by atoms with Crippen molar-refractivity contribution in [2.45, 2.75) is 53.1 Å². The van der Waals surface area contributed by atoms with Crippen LogP contribution in [0.25, 0.3) is 0 Å². The lowest BCUT2D eigenvalue weighted by atomic mass is 10.1. The highest BCUT2D eigenvalue weighted by Gasteiger charge is 2.14. The van der Waals surface area contributed by atoms with Crippen LogP contribution in [0.4, 0.5) is 0 Å². The second kappa shape index (κ2) is 9.49. The largest absolute Gasteiger partial charge is 0.392 e. The average Bonchev–Trinajstić information content (AvgIpc) is 3.03. The molecule has 0 saturated carbocycles. The summed E-state index contributed by atoms with van der Waals surface area (Å²) >= 11 is 0. The number of rotatable bonds is 9. The van der Waals surface area contributed by atoms with Crippen molar-refractivity contribution < 1.29 is 5.11 Å². The van der Waals surface area contributed by atoms with Crippen molar-refractivity contribution in [2.75, 3.05) is 0 Å². The zero-order valence-corrected chi connectivity index (χ0v) is 16.3. The quantitative estimate of drug-likeness (QED) is 0.616. The van der Waals surface area contributed by atoms with Gasteiger partial charge in [-0.05, 0) is 30.0 Å². The normalized spacial score (nSPS) is 11.3. The molecule has 0 spiro atoms. The summed E-state index contributed by atoms with van der Waals surface area (Å²) in [6, 6.07) is 18.7. The van der Waals surface area contributed by atoms with E-state index in [2.05, 4.69) is 58.9 Å². The molecular formula is C23H29N3O. The molecule has 1 heterocycles. The van der Waals surface area contributed by atoms with Gasteiger partial charge in [0.25, 0.3) is 0 Å². The minimum Gasteiger partial charge on any atom is -0.392 e. The van der Waals surface area contributed by atoms with E-state index in [-0.39, 0.29) is 6.61 Å². The third-order valence-corrected chi connectivity index (χ3v) is 4.97. The van der Waals surface area contributed by atoms with Crippen molar-refractivity contribution in [1.29, 1.82) is 0 Å². The highest BCUT2D eigenvalue weighted by atomic mass is 16.3. The van der Waals surface area contributed by atoms with E-state index in [9.17, 15) is 5.11 Å². The molecule has 0 aliphatic heterocycles. The Hall–Kier alpha value is -2.43. The highest BCUT2D eigenvalue weighted by molar-refractivity contribution is 5.27. The van der Waals surface area contributed by atoms with Gasteiger partial charge < -0.3 is 5.11 Å². The molecule has 3 rings (SSSR count). The van der Waals surface area contributed by atoms with E-state index >= 15 is 0 Å². The molecule has 0 saturated heterocycles. The Labute approximate surface area is 162 Å².